The number of aliphatic hydroxyl groups excluding tert-OH is 1. The minimum absolute atomic E-state index is 0.0898. The van der Waals surface area contributed by atoms with Crippen molar-refractivity contribution in [1.82, 2.24) is 10.2 Å². The number of hydrogen-bond donors (Lipinski definition) is 2. The van der Waals surface area contributed by atoms with Crippen molar-refractivity contribution in [2.45, 2.75) is 64.0 Å². The molecular weight excluding hydrogens is 212 g/mol. The zero-order valence-corrected chi connectivity index (χ0v) is 11.8. The normalized spacial score (nSPS) is 25.8. The number of likely N-dealkylation sites (tertiary alicyclic amines) is 1. The highest BCUT2D eigenvalue weighted by molar-refractivity contribution is 4.80. The summed E-state index contributed by atoms with van der Waals surface area (Å²) in [5.41, 5.74) is -0.0898. The third kappa shape index (κ3) is 4.94. The molecule has 1 rings (SSSR count). The van der Waals surface area contributed by atoms with E-state index < -0.39 is 0 Å². The largest absolute Gasteiger partial charge is 0.394 e. The lowest BCUT2D eigenvalue weighted by molar-refractivity contribution is 0.147. The molecule has 0 aromatic carbocycles. The van der Waals surface area contributed by atoms with Crippen LogP contribution < -0.4 is 5.32 Å². The van der Waals surface area contributed by atoms with Crippen molar-refractivity contribution in [1.29, 1.82) is 0 Å². The summed E-state index contributed by atoms with van der Waals surface area (Å²) in [5, 5.41) is 12.5. The van der Waals surface area contributed by atoms with Crippen LogP contribution in [0.4, 0.5) is 0 Å². The van der Waals surface area contributed by atoms with Gasteiger partial charge < -0.3 is 15.3 Å². The number of unbranched alkanes of at least 4 members (excludes halogenated alkanes) is 1. The quantitative estimate of drug-likeness (QED) is 0.670. The summed E-state index contributed by atoms with van der Waals surface area (Å²) in [4.78, 5) is 2.62. The topological polar surface area (TPSA) is 35.5 Å². The fourth-order valence-corrected chi connectivity index (χ4v) is 2.60. The lowest BCUT2D eigenvalue weighted by Crippen LogP contribution is -2.43. The van der Waals surface area contributed by atoms with Crippen LogP contribution in [0.5, 0.6) is 0 Å². The summed E-state index contributed by atoms with van der Waals surface area (Å²) in [5.74, 6) is 0. The molecule has 1 heterocycles. The van der Waals surface area contributed by atoms with E-state index in [9.17, 15) is 5.11 Å². The van der Waals surface area contributed by atoms with Crippen LogP contribution in [0.2, 0.25) is 0 Å². The molecule has 2 unspecified atom stereocenters. The molecule has 0 radical (unpaired) electrons. The Hall–Kier alpha value is -0.120. The molecule has 17 heavy (non-hydrogen) atoms. The van der Waals surface area contributed by atoms with Gasteiger partial charge in [-0.3, -0.25) is 0 Å². The SMILES string of the molecule is CNC(C)(CO)CCCCN1CCCCC1C. The third-order valence-corrected chi connectivity index (χ3v) is 4.32. The lowest BCUT2D eigenvalue weighted by atomic mass is 9.95. The number of nitrogens with one attached hydrogen (secondary N) is 1. The highest BCUT2D eigenvalue weighted by atomic mass is 16.3. The minimum atomic E-state index is -0.0898. The van der Waals surface area contributed by atoms with Gasteiger partial charge in [-0.15, -0.1) is 0 Å². The molecule has 3 nitrogen and oxygen atoms in total. The predicted molar refractivity (Wildman–Crippen MR) is 73.3 cm³/mol. The summed E-state index contributed by atoms with van der Waals surface area (Å²) < 4.78 is 0. The molecule has 0 amide bonds. The number of nitrogens with zero attached hydrogens (tertiary/aromatic N) is 1. The van der Waals surface area contributed by atoms with Crippen molar-refractivity contribution in [3.63, 3.8) is 0 Å². The third-order valence-electron chi connectivity index (χ3n) is 4.32. The average molecular weight is 242 g/mol. The second-order valence-corrected chi connectivity index (χ2v) is 5.81. The fourth-order valence-electron chi connectivity index (χ4n) is 2.60. The number of rotatable bonds is 7. The van der Waals surface area contributed by atoms with E-state index in [4.69, 9.17) is 0 Å². The molecule has 0 aromatic heterocycles. The first-order chi connectivity index (χ1) is 8.11. The van der Waals surface area contributed by atoms with Crippen molar-refractivity contribution >= 4 is 0 Å². The Morgan fingerprint density at radius 3 is 2.71 bits per heavy atom. The Morgan fingerprint density at radius 1 is 1.35 bits per heavy atom. The summed E-state index contributed by atoms with van der Waals surface area (Å²) in [6.45, 7) is 7.18. The van der Waals surface area contributed by atoms with Crippen LogP contribution >= 0.6 is 0 Å². The molecule has 0 aliphatic carbocycles. The molecule has 0 spiro atoms. The van der Waals surface area contributed by atoms with Gasteiger partial charge in [0.1, 0.15) is 0 Å². The van der Waals surface area contributed by atoms with E-state index in [0.717, 1.165) is 12.5 Å². The first-order valence-corrected chi connectivity index (χ1v) is 7.15. The zero-order chi connectivity index (χ0) is 12.7. The molecule has 1 fully saturated rings. The van der Waals surface area contributed by atoms with Gasteiger partial charge in [-0.25, -0.2) is 0 Å². The van der Waals surface area contributed by atoms with E-state index in [1.807, 2.05) is 7.05 Å². The number of hydrogen-bond acceptors (Lipinski definition) is 3. The fraction of sp³-hybridized carbons (Fsp3) is 1.00. The molecule has 1 saturated heterocycles. The van der Waals surface area contributed by atoms with Crippen LogP contribution in [0.3, 0.4) is 0 Å². The smallest absolute Gasteiger partial charge is 0.0610 e. The predicted octanol–water partition coefficient (Wildman–Crippen LogP) is 2.00. The van der Waals surface area contributed by atoms with Crippen LogP contribution in [0.15, 0.2) is 0 Å². The van der Waals surface area contributed by atoms with Crippen LogP contribution in [0.1, 0.15) is 52.4 Å². The second-order valence-electron chi connectivity index (χ2n) is 5.81. The van der Waals surface area contributed by atoms with Gasteiger partial charge in [0.05, 0.1) is 6.61 Å². The molecule has 1 aliphatic heterocycles. The Bertz CT molecular complexity index is 204. The Morgan fingerprint density at radius 2 is 2.12 bits per heavy atom. The Balaban J connectivity index is 2.15. The van der Waals surface area contributed by atoms with Gasteiger partial charge in [0, 0.05) is 11.6 Å². The number of likely N-dealkylation sites (N-methyl/N-ethyl adjacent to an activating group) is 1. The van der Waals surface area contributed by atoms with Crippen molar-refractivity contribution in [2.24, 2.45) is 0 Å². The van der Waals surface area contributed by atoms with Crippen molar-refractivity contribution in [2.75, 3.05) is 26.7 Å². The summed E-state index contributed by atoms with van der Waals surface area (Å²) in [6, 6.07) is 0.775. The van der Waals surface area contributed by atoms with Gasteiger partial charge in [0.15, 0.2) is 0 Å². The Kier molecular flexibility index (Phi) is 6.45. The number of aliphatic hydroxyl groups is 1. The van der Waals surface area contributed by atoms with Gasteiger partial charge in [-0.05, 0) is 59.7 Å². The molecule has 3 heteroatoms. The van der Waals surface area contributed by atoms with E-state index >= 15 is 0 Å². The molecule has 2 atom stereocenters. The van der Waals surface area contributed by atoms with Gasteiger partial charge in [0.2, 0.25) is 0 Å². The van der Waals surface area contributed by atoms with Crippen LogP contribution in [0, 0.1) is 0 Å². The van der Waals surface area contributed by atoms with E-state index in [1.165, 1.54) is 45.2 Å². The van der Waals surface area contributed by atoms with E-state index in [-0.39, 0.29) is 12.1 Å². The van der Waals surface area contributed by atoms with Crippen molar-refractivity contribution < 1.29 is 5.11 Å². The second kappa shape index (κ2) is 7.34. The van der Waals surface area contributed by atoms with Gasteiger partial charge in [0.25, 0.3) is 0 Å². The molecule has 1 aliphatic rings. The van der Waals surface area contributed by atoms with Gasteiger partial charge >= 0.3 is 0 Å². The standard InChI is InChI=1S/C14H30N2O/c1-13-8-4-6-10-16(13)11-7-5-9-14(2,12-17)15-3/h13,15,17H,4-12H2,1-3H3. The van der Waals surface area contributed by atoms with E-state index in [2.05, 4.69) is 24.1 Å². The molecule has 0 bridgehead atoms. The van der Waals surface area contributed by atoms with Crippen LogP contribution in [0.25, 0.3) is 0 Å². The summed E-state index contributed by atoms with van der Waals surface area (Å²) in [6.07, 6.45) is 7.64. The maximum absolute atomic E-state index is 9.30. The first-order valence-electron chi connectivity index (χ1n) is 7.15. The maximum Gasteiger partial charge on any atom is 0.0610 e. The molecule has 0 saturated carbocycles. The van der Waals surface area contributed by atoms with Crippen LogP contribution in [-0.4, -0.2) is 48.3 Å². The van der Waals surface area contributed by atoms with Crippen LogP contribution in [-0.2, 0) is 0 Å². The van der Waals surface area contributed by atoms with Crippen molar-refractivity contribution in [3.05, 3.63) is 0 Å². The zero-order valence-electron chi connectivity index (χ0n) is 11.8. The molecule has 102 valence electrons. The highest BCUT2D eigenvalue weighted by Gasteiger charge is 2.21. The first kappa shape index (κ1) is 14.9. The summed E-state index contributed by atoms with van der Waals surface area (Å²) >= 11 is 0. The molecule has 2 N–H and O–H groups in total. The molecule has 0 aromatic rings. The summed E-state index contributed by atoms with van der Waals surface area (Å²) in [7, 11) is 1.93. The van der Waals surface area contributed by atoms with Crippen molar-refractivity contribution in [3.8, 4) is 0 Å². The number of piperidine rings is 1. The van der Waals surface area contributed by atoms with Gasteiger partial charge in [-0.2, -0.15) is 0 Å². The monoisotopic (exact) mass is 242 g/mol. The molecular formula is C14H30N2O. The lowest BCUT2D eigenvalue weighted by Gasteiger charge is -2.33. The van der Waals surface area contributed by atoms with Gasteiger partial charge in [-0.1, -0.05) is 12.8 Å². The highest BCUT2D eigenvalue weighted by Crippen LogP contribution is 2.18. The van der Waals surface area contributed by atoms with E-state index in [1.54, 1.807) is 0 Å². The average Bonchev–Trinajstić information content (AvgIpc) is 2.36. The van der Waals surface area contributed by atoms with E-state index in [0.29, 0.717) is 0 Å². The Labute approximate surface area is 107 Å². The maximum atomic E-state index is 9.30. The minimum Gasteiger partial charge on any atom is -0.394 e.